The van der Waals surface area contributed by atoms with Gasteiger partial charge in [-0.25, -0.2) is 0 Å². The first-order valence-electron chi connectivity index (χ1n) is 8.04. The smallest absolute Gasteiger partial charge is 0.147 e. The van der Waals surface area contributed by atoms with Crippen molar-refractivity contribution in [3.63, 3.8) is 0 Å². The Labute approximate surface area is 136 Å². The lowest BCUT2D eigenvalue weighted by atomic mass is 10.0. The van der Waals surface area contributed by atoms with Crippen LogP contribution in [-0.2, 0) is 0 Å². The summed E-state index contributed by atoms with van der Waals surface area (Å²) < 4.78 is 12.1. The summed E-state index contributed by atoms with van der Waals surface area (Å²) in [7, 11) is 0. The third-order valence-electron chi connectivity index (χ3n) is 4.91. The highest BCUT2D eigenvalue weighted by atomic mass is 16.3. The molecule has 112 valence electrons. The fraction of sp³-hybridized carbons (Fsp3) is 0. The molecule has 0 bridgehead atoms. The van der Waals surface area contributed by atoms with Gasteiger partial charge in [-0.05, 0) is 35.0 Å². The van der Waals surface area contributed by atoms with Crippen LogP contribution in [0, 0.1) is 0 Å². The molecule has 2 heteroatoms. The van der Waals surface area contributed by atoms with E-state index in [4.69, 9.17) is 8.83 Å². The first kappa shape index (κ1) is 12.2. The Kier molecular flexibility index (Phi) is 2.12. The third kappa shape index (κ3) is 1.36. The van der Waals surface area contributed by atoms with Crippen molar-refractivity contribution < 1.29 is 8.83 Å². The molecule has 0 aliphatic rings. The van der Waals surface area contributed by atoms with Gasteiger partial charge in [-0.1, -0.05) is 42.5 Å². The lowest BCUT2D eigenvalue weighted by Crippen LogP contribution is -1.76. The van der Waals surface area contributed by atoms with Crippen LogP contribution in [0.2, 0.25) is 0 Å². The van der Waals surface area contributed by atoms with Crippen LogP contribution in [0.4, 0.5) is 0 Å². The maximum Gasteiger partial charge on any atom is 0.147 e. The Morgan fingerprint density at radius 3 is 2.33 bits per heavy atom. The Bertz CT molecular complexity index is 1290. The molecule has 0 atom stereocenters. The maximum atomic E-state index is 6.23. The number of furan rings is 1. The second kappa shape index (κ2) is 4.18. The Morgan fingerprint density at radius 1 is 0.583 bits per heavy atom. The molecule has 0 saturated carbocycles. The molecule has 2 nitrogen and oxygen atoms in total. The molecule has 0 saturated heterocycles. The molecule has 0 fully saturated rings. The van der Waals surface area contributed by atoms with Crippen LogP contribution in [0.1, 0.15) is 0 Å². The summed E-state index contributed by atoms with van der Waals surface area (Å²) >= 11 is 0. The van der Waals surface area contributed by atoms with Crippen molar-refractivity contribution in [2.75, 3.05) is 0 Å². The molecule has 4 aromatic carbocycles. The minimum absolute atomic E-state index is 0.884. The maximum absolute atomic E-state index is 6.23. The summed E-state index contributed by atoms with van der Waals surface area (Å²) in [5.74, 6) is 0. The largest absolute Gasteiger partial charge is 0.464 e. The van der Waals surface area contributed by atoms with Gasteiger partial charge in [0.25, 0.3) is 0 Å². The zero-order valence-electron chi connectivity index (χ0n) is 12.7. The molecular formula is C22H12O2. The second-order valence-corrected chi connectivity index (χ2v) is 6.18. The van der Waals surface area contributed by atoms with Gasteiger partial charge in [0, 0.05) is 21.5 Å². The summed E-state index contributed by atoms with van der Waals surface area (Å²) in [6, 6.07) is 22.9. The van der Waals surface area contributed by atoms with Crippen molar-refractivity contribution in [2.24, 2.45) is 0 Å². The van der Waals surface area contributed by atoms with Crippen LogP contribution in [0.25, 0.3) is 54.5 Å². The standard InChI is InChI=1S/C22H12O2/c1-2-7-14-13(6-1)12-17-19(14)20-15-8-3-4-10-18(15)24-22(20)16-9-5-11-23-21(16)17/h1-12H. The number of hydrogen-bond donors (Lipinski definition) is 0. The molecule has 0 spiro atoms. The van der Waals surface area contributed by atoms with E-state index in [0.29, 0.717) is 0 Å². The van der Waals surface area contributed by atoms with Crippen LogP contribution < -0.4 is 0 Å². The summed E-state index contributed by atoms with van der Waals surface area (Å²) in [6.07, 6.45) is 1.73. The number of benzene rings is 3. The molecular weight excluding hydrogens is 296 g/mol. The molecule has 0 radical (unpaired) electrons. The van der Waals surface area contributed by atoms with Crippen LogP contribution in [0.15, 0.2) is 81.8 Å². The Morgan fingerprint density at radius 2 is 1.38 bits per heavy atom. The van der Waals surface area contributed by atoms with Gasteiger partial charge in [-0.3, -0.25) is 0 Å². The van der Waals surface area contributed by atoms with Crippen molar-refractivity contribution in [3.05, 3.63) is 73.0 Å². The Hall–Kier alpha value is -3.26. The van der Waals surface area contributed by atoms with Crippen molar-refractivity contribution in [1.29, 1.82) is 0 Å². The van der Waals surface area contributed by atoms with Crippen LogP contribution >= 0.6 is 0 Å². The fourth-order valence-electron chi connectivity index (χ4n) is 3.92. The first-order chi connectivity index (χ1) is 11.9. The molecule has 0 amide bonds. The number of hydrogen-bond acceptors (Lipinski definition) is 2. The lowest BCUT2D eigenvalue weighted by molar-refractivity contribution is 0.606. The fourth-order valence-corrected chi connectivity index (χ4v) is 3.92. The molecule has 0 N–H and O–H groups in total. The van der Waals surface area contributed by atoms with Gasteiger partial charge >= 0.3 is 0 Å². The van der Waals surface area contributed by atoms with Gasteiger partial charge < -0.3 is 8.83 Å². The van der Waals surface area contributed by atoms with E-state index in [9.17, 15) is 0 Å². The van der Waals surface area contributed by atoms with Gasteiger partial charge in [-0.15, -0.1) is 0 Å². The molecule has 24 heavy (non-hydrogen) atoms. The zero-order valence-corrected chi connectivity index (χ0v) is 12.7. The SMILES string of the molecule is c1ccc2c(c1)cc1c3occcc3c3oc4ccccc4c3c21. The molecule has 0 aliphatic heterocycles. The van der Waals surface area contributed by atoms with Gasteiger partial charge in [0.2, 0.25) is 0 Å². The van der Waals surface area contributed by atoms with E-state index < -0.39 is 0 Å². The van der Waals surface area contributed by atoms with E-state index in [1.54, 1.807) is 6.26 Å². The van der Waals surface area contributed by atoms with E-state index in [0.717, 1.165) is 32.9 Å². The van der Waals surface area contributed by atoms with E-state index in [2.05, 4.69) is 48.5 Å². The molecule has 6 rings (SSSR count). The minimum atomic E-state index is 0.884. The topological polar surface area (TPSA) is 26.3 Å². The minimum Gasteiger partial charge on any atom is -0.464 e. The van der Waals surface area contributed by atoms with E-state index >= 15 is 0 Å². The van der Waals surface area contributed by atoms with E-state index in [1.165, 1.54) is 21.5 Å². The predicted molar refractivity (Wildman–Crippen MR) is 98.5 cm³/mol. The first-order valence-corrected chi connectivity index (χ1v) is 8.04. The van der Waals surface area contributed by atoms with Gasteiger partial charge in [-0.2, -0.15) is 0 Å². The average Bonchev–Trinajstić information content (AvgIpc) is 3.20. The molecule has 2 aromatic heterocycles. The van der Waals surface area contributed by atoms with Crippen LogP contribution in [-0.4, -0.2) is 0 Å². The lowest BCUT2D eigenvalue weighted by Gasteiger charge is -2.02. The van der Waals surface area contributed by atoms with Crippen LogP contribution in [0.3, 0.4) is 0 Å². The summed E-state index contributed by atoms with van der Waals surface area (Å²) in [5.41, 5.74) is 2.70. The number of fused-ring (bicyclic) bond motifs is 10. The number of para-hydroxylation sites is 1. The van der Waals surface area contributed by atoms with Crippen molar-refractivity contribution in [1.82, 2.24) is 0 Å². The van der Waals surface area contributed by atoms with E-state index in [-0.39, 0.29) is 0 Å². The predicted octanol–water partition coefficient (Wildman–Crippen LogP) is 6.64. The second-order valence-electron chi connectivity index (χ2n) is 6.18. The third-order valence-corrected chi connectivity index (χ3v) is 4.91. The van der Waals surface area contributed by atoms with E-state index in [1.807, 2.05) is 18.2 Å². The normalized spacial score (nSPS) is 12.2. The van der Waals surface area contributed by atoms with Crippen molar-refractivity contribution in [3.8, 4) is 0 Å². The molecule has 0 aliphatic carbocycles. The zero-order chi connectivity index (χ0) is 15.7. The summed E-state index contributed by atoms with van der Waals surface area (Å²) in [6.45, 7) is 0. The highest BCUT2D eigenvalue weighted by Gasteiger charge is 2.19. The average molecular weight is 308 g/mol. The highest BCUT2D eigenvalue weighted by Crippen LogP contribution is 2.44. The van der Waals surface area contributed by atoms with Gasteiger partial charge in [0.1, 0.15) is 16.7 Å². The monoisotopic (exact) mass is 308 g/mol. The van der Waals surface area contributed by atoms with Crippen molar-refractivity contribution >= 4 is 54.5 Å². The summed E-state index contributed by atoms with van der Waals surface area (Å²) in [5, 5.41) is 8.18. The van der Waals surface area contributed by atoms with Gasteiger partial charge in [0.05, 0.1) is 11.6 Å². The quantitative estimate of drug-likeness (QED) is 0.314. The van der Waals surface area contributed by atoms with Crippen molar-refractivity contribution in [2.45, 2.75) is 0 Å². The Balaban J connectivity index is 2.10. The molecule has 0 unspecified atom stereocenters. The molecule has 2 heterocycles. The molecule has 6 aromatic rings. The van der Waals surface area contributed by atoms with Crippen LogP contribution in [0.5, 0.6) is 0 Å². The van der Waals surface area contributed by atoms with Gasteiger partial charge in [0.15, 0.2) is 0 Å². The highest BCUT2D eigenvalue weighted by molar-refractivity contribution is 6.36. The number of rotatable bonds is 0. The summed E-state index contributed by atoms with van der Waals surface area (Å²) in [4.78, 5) is 0.